The standard InChI is InChI=1S/C13H8Br2Cl2O/c14-7-8-2-1-3-11(17)13(8)18-12-6-9(15)4-5-10(12)16/h1-6H,7H2. The highest BCUT2D eigenvalue weighted by atomic mass is 79.9. The Balaban J connectivity index is 2.42. The highest BCUT2D eigenvalue weighted by Gasteiger charge is 2.11. The van der Waals surface area contributed by atoms with Crippen LogP contribution in [0.15, 0.2) is 40.9 Å². The average molecular weight is 411 g/mol. The molecule has 1 nitrogen and oxygen atoms in total. The summed E-state index contributed by atoms with van der Waals surface area (Å²) in [7, 11) is 0. The molecule has 0 N–H and O–H groups in total. The molecule has 0 atom stereocenters. The Morgan fingerprint density at radius 3 is 2.56 bits per heavy atom. The van der Waals surface area contributed by atoms with Gasteiger partial charge in [0.1, 0.15) is 11.5 Å². The van der Waals surface area contributed by atoms with Gasteiger partial charge in [-0.3, -0.25) is 0 Å². The minimum atomic E-state index is 0.540. The maximum absolute atomic E-state index is 6.15. The predicted octanol–water partition coefficient (Wildman–Crippen LogP) is 6.44. The first-order valence-corrected chi connectivity index (χ1v) is 7.75. The van der Waals surface area contributed by atoms with E-state index in [-0.39, 0.29) is 0 Å². The van der Waals surface area contributed by atoms with Gasteiger partial charge in [-0.15, -0.1) is 0 Å². The Kier molecular flexibility index (Phi) is 4.96. The Labute approximate surface area is 132 Å². The molecule has 0 unspecified atom stereocenters. The van der Waals surface area contributed by atoms with Gasteiger partial charge in [0.25, 0.3) is 0 Å². The molecule has 94 valence electrons. The highest BCUT2D eigenvalue weighted by Crippen LogP contribution is 2.37. The maximum Gasteiger partial charge on any atom is 0.150 e. The van der Waals surface area contributed by atoms with Gasteiger partial charge in [0.15, 0.2) is 0 Å². The number of para-hydroxylation sites is 1. The van der Waals surface area contributed by atoms with Gasteiger partial charge in [-0.05, 0) is 24.3 Å². The third-order valence-corrected chi connectivity index (χ3v) is 4.01. The Bertz CT molecular complexity index is 573. The van der Waals surface area contributed by atoms with Crippen LogP contribution in [-0.4, -0.2) is 0 Å². The van der Waals surface area contributed by atoms with Crippen LogP contribution >= 0.6 is 55.1 Å². The number of halogens is 4. The lowest BCUT2D eigenvalue weighted by molar-refractivity contribution is 0.479. The predicted molar refractivity (Wildman–Crippen MR) is 83.3 cm³/mol. The molecule has 0 aliphatic heterocycles. The summed E-state index contributed by atoms with van der Waals surface area (Å²) in [5.74, 6) is 1.19. The van der Waals surface area contributed by atoms with Crippen LogP contribution in [-0.2, 0) is 5.33 Å². The molecule has 0 fully saturated rings. The van der Waals surface area contributed by atoms with E-state index in [2.05, 4.69) is 31.9 Å². The van der Waals surface area contributed by atoms with E-state index >= 15 is 0 Å². The van der Waals surface area contributed by atoms with Crippen LogP contribution in [0.4, 0.5) is 0 Å². The summed E-state index contributed by atoms with van der Waals surface area (Å²) in [4.78, 5) is 0. The Morgan fingerprint density at radius 2 is 1.83 bits per heavy atom. The summed E-state index contributed by atoms with van der Waals surface area (Å²) < 4.78 is 6.72. The van der Waals surface area contributed by atoms with Crippen molar-refractivity contribution < 1.29 is 4.74 Å². The Hall–Kier alpha value is -0.220. The number of alkyl halides is 1. The summed E-state index contributed by atoms with van der Waals surface area (Å²) >= 11 is 19.0. The summed E-state index contributed by atoms with van der Waals surface area (Å²) in [5, 5.41) is 1.76. The van der Waals surface area contributed by atoms with Crippen LogP contribution in [0.1, 0.15) is 5.56 Å². The lowest BCUT2D eigenvalue weighted by Crippen LogP contribution is -1.91. The quantitative estimate of drug-likeness (QED) is 0.529. The van der Waals surface area contributed by atoms with Crippen molar-refractivity contribution in [1.82, 2.24) is 0 Å². The largest absolute Gasteiger partial charge is 0.454 e. The number of ether oxygens (including phenoxy) is 1. The van der Waals surface area contributed by atoms with Gasteiger partial charge < -0.3 is 4.74 Å². The van der Waals surface area contributed by atoms with Crippen LogP contribution in [0.3, 0.4) is 0 Å². The van der Waals surface area contributed by atoms with Gasteiger partial charge in [0.2, 0.25) is 0 Å². The molecule has 0 saturated heterocycles. The molecule has 2 aromatic rings. The average Bonchev–Trinajstić information content (AvgIpc) is 2.36. The minimum Gasteiger partial charge on any atom is -0.454 e. The van der Waals surface area contributed by atoms with E-state index in [0.717, 1.165) is 10.0 Å². The van der Waals surface area contributed by atoms with E-state index in [1.165, 1.54) is 0 Å². The molecule has 0 spiro atoms. The van der Waals surface area contributed by atoms with Crippen LogP contribution in [0, 0.1) is 0 Å². The van der Waals surface area contributed by atoms with Gasteiger partial charge in [-0.1, -0.05) is 67.2 Å². The first kappa shape index (κ1) is 14.2. The Morgan fingerprint density at radius 1 is 1.06 bits per heavy atom. The molecule has 0 amide bonds. The highest BCUT2D eigenvalue weighted by molar-refractivity contribution is 9.10. The molecule has 2 rings (SSSR count). The van der Waals surface area contributed by atoms with Crippen LogP contribution in [0.2, 0.25) is 10.0 Å². The van der Waals surface area contributed by atoms with Crippen molar-refractivity contribution in [2.24, 2.45) is 0 Å². The van der Waals surface area contributed by atoms with E-state index in [1.807, 2.05) is 24.3 Å². The summed E-state index contributed by atoms with van der Waals surface area (Å²) in [6, 6.07) is 11.0. The second kappa shape index (κ2) is 6.29. The van der Waals surface area contributed by atoms with Crippen molar-refractivity contribution in [3.8, 4) is 11.5 Å². The van der Waals surface area contributed by atoms with Crippen molar-refractivity contribution in [2.45, 2.75) is 5.33 Å². The molecule has 0 aromatic heterocycles. The maximum atomic E-state index is 6.15. The first-order valence-electron chi connectivity index (χ1n) is 5.08. The molecule has 5 heteroatoms. The normalized spacial score (nSPS) is 10.4. The van der Waals surface area contributed by atoms with Crippen LogP contribution in [0.25, 0.3) is 0 Å². The molecule has 0 heterocycles. The van der Waals surface area contributed by atoms with Gasteiger partial charge in [-0.2, -0.15) is 0 Å². The second-order valence-corrected chi connectivity index (χ2v) is 5.83. The third kappa shape index (κ3) is 3.21. The lowest BCUT2D eigenvalue weighted by atomic mass is 10.2. The molecule has 0 bridgehead atoms. The molecule has 18 heavy (non-hydrogen) atoms. The summed E-state index contributed by atoms with van der Waals surface area (Å²) in [6.07, 6.45) is 0. The zero-order valence-corrected chi connectivity index (χ0v) is 13.8. The summed E-state index contributed by atoms with van der Waals surface area (Å²) in [6.45, 7) is 0. The fraction of sp³-hybridized carbons (Fsp3) is 0.0769. The van der Waals surface area contributed by atoms with Crippen molar-refractivity contribution in [1.29, 1.82) is 0 Å². The van der Waals surface area contributed by atoms with Crippen LogP contribution in [0.5, 0.6) is 11.5 Å². The topological polar surface area (TPSA) is 9.23 Å². The van der Waals surface area contributed by atoms with E-state index < -0.39 is 0 Å². The first-order chi connectivity index (χ1) is 8.61. The van der Waals surface area contributed by atoms with E-state index in [0.29, 0.717) is 26.9 Å². The molecule has 0 aliphatic carbocycles. The molecule has 0 aliphatic rings. The molecule has 2 aromatic carbocycles. The van der Waals surface area contributed by atoms with Gasteiger partial charge in [0, 0.05) is 15.4 Å². The van der Waals surface area contributed by atoms with Crippen molar-refractivity contribution in [3.63, 3.8) is 0 Å². The molecule has 0 radical (unpaired) electrons. The number of benzene rings is 2. The second-order valence-electron chi connectivity index (χ2n) is 3.54. The van der Waals surface area contributed by atoms with Crippen molar-refractivity contribution in [3.05, 3.63) is 56.5 Å². The molecule has 0 saturated carbocycles. The zero-order chi connectivity index (χ0) is 13.1. The lowest BCUT2D eigenvalue weighted by Gasteiger charge is -2.12. The van der Waals surface area contributed by atoms with E-state index in [9.17, 15) is 0 Å². The fourth-order valence-electron chi connectivity index (χ4n) is 1.44. The summed E-state index contributed by atoms with van der Waals surface area (Å²) in [5.41, 5.74) is 0.971. The number of rotatable bonds is 3. The number of hydrogen-bond donors (Lipinski definition) is 0. The molecular formula is C13H8Br2Cl2O. The molecular weight excluding hydrogens is 403 g/mol. The van der Waals surface area contributed by atoms with Gasteiger partial charge >= 0.3 is 0 Å². The van der Waals surface area contributed by atoms with Crippen molar-refractivity contribution in [2.75, 3.05) is 0 Å². The minimum absolute atomic E-state index is 0.540. The smallest absolute Gasteiger partial charge is 0.150 e. The van der Waals surface area contributed by atoms with E-state index in [1.54, 1.807) is 12.1 Å². The van der Waals surface area contributed by atoms with E-state index in [4.69, 9.17) is 27.9 Å². The monoisotopic (exact) mass is 408 g/mol. The van der Waals surface area contributed by atoms with Gasteiger partial charge in [-0.25, -0.2) is 0 Å². The fourth-order valence-corrected chi connectivity index (χ4v) is 2.61. The van der Waals surface area contributed by atoms with Crippen molar-refractivity contribution >= 4 is 55.1 Å². The SMILES string of the molecule is Clc1ccc(Br)cc1Oc1c(Cl)cccc1CBr. The third-order valence-electron chi connectivity index (χ3n) is 2.30. The zero-order valence-electron chi connectivity index (χ0n) is 9.09. The van der Waals surface area contributed by atoms with Gasteiger partial charge in [0.05, 0.1) is 10.0 Å². The van der Waals surface area contributed by atoms with Crippen LogP contribution < -0.4 is 4.74 Å². The number of hydrogen-bond acceptors (Lipinski definition) is 1.